The van der Waals surface area contributed by atoms with E-state index in [0.717, 1.165) is 26.2 Å². The Morgan fingerprint density at radius 3 is 1.96 bits per heavy atom. The van der Waals surface area contributed by atoms with Crippen molar-refractivity contribution >= 4 is 0 Å². The first kappa shape index (κ1) is 17.6. The molecular formula is C20H28N2O3+2. The Kier molecular flexibility index (Phi) is 5.79. The first-order valence-corrected chi connectivity index (χ1v) is 8.79. The van der Waals surface area contributed by atoms with Crippen molar-refractivity contribution in [2.45, 2.75) is 6.04 Å². The van der Waals surface area contributed by atoms with Crippen molar-refractivity contribution in [3.05, 3.63) is 53.6 Å². The van der Waals surface area contributed by atoms with Crippen LogP contribution in [-0.4, -0.2) is 47.5 Å². The zero-order valence-electron chi connectivity index (χ0n) is 15.2. The average Bonchev–Trinajstić information content (AvgIpc) is 2.69. The number of methoxy groups -OCH3 is 3. The molecule has 3 N–H and O–H groups in total. The van der Waals surface area contributed by atoms with Gasteiger partial charge in [0.15, 0.2) is 11.5 Å². The Balaban J connectivity index is 2.09. The lowest BCUT2D eigenvalue weighted by Crippen LogP contribution is -3.20. The summed E-state index contributed by atoms with van der Waals surface area (Å²) in [6.07, 6.45) is 0. The molecule has 3 rings (SSSR count). The molecular weight excluding hydrogens is 316 g/mol. The Morgan fingerprint density at radius 1 is 0.840 bits per heavy atom. The molecule has 1 fully saturated rings. The fourth-order valence-electron chi connectivity index (χ4n) is 3.71. The molecule has 25 heavy (non-hydrogen) atoms. The van der Waals surface area contributed by atoms with Gasteiger partial charge in [0, 0.05) is 11.1 Å². The fourth-order valence-corrected chi connectivity index (χ4v) is 3.71. The Hall–Kier alpha value is -2.24. The van der Waals surface area contributed by atoms with Gasteiger partial charge in [-0.25, -0.2) is 0 Å². The summed E-state index contributed by atoms with van der Waals surface area (Å²) >= 11 is 0. The normalized spacial score (nSPS) is 16.3. The molecule has 0 radical (unpaired) electrons. The van der Waals surface area contributed by atoms with E-state index in [9.17, 15) is 0 Å². The summed E-state index contributed by atoms with van der Waals surface area (Å²) in [6, 6.07) is 15.1. The highest BCUT2D eigenvalue weighted by Crippen LogP contribution is 2.40. The van der Waals surface area contributed by atoms with Gasteiger partial charge in [-0.1, -0.05) is 30.3 Å². The van der Waals surface area contributed by atoms with Crippen molar-refractivity contribution in [3.8, 4) is 17.2 Å². The summed E-state index contributed by atoms with van der Waals surface area (Å²) < 4.78 is 16.6. The zero-order valence-corrected chi connectivity index (χ0v) is 15.2. The molecule has 1 aliphatic rings. The van der Waals surface area contributed by atoms with Crippen LogP contribution < -0.4 is 24.4 Å². The molecule has 0 amide bonds. The summed E-state index contributed by atoms with van der Waals surface area (Å²) in [5, 5.41) is 2.39. The molecule has 2 aromatic rings. The lowest BCUT2D eigenvalue weighted by Gasteiger charge is -2.31. The Bertz CT molecular complexity index is 660. The number of rotatable bonds is 6. The molecule has 134 valence electrons. The van der Waals surface area contributed by atoms with Gasteiger partial charge in [0.1, 0.15) is 32.2 Å². The molecule has 0 bridgehead atoms. The van der Waals surface area contributed by atoms with Crippen LogP contribution in [0.25, 0.3) is 0 Å². The molecule has 0 spiro atoms. The van der Waals surface area contributed by atoms with E-state index in [-0.39, 0.29) is 6.04 Å². The minimum atomic E-state index is 0.253. The molecule has 5 nitrogen and oxygen atoms in total. The molecule has 1 aliphatic heterocycles. The van der Waals surface area contributed by atoms with Gasteiger partial charge in [0.2, 0.25) is 5.75 Å². The van der Waals surface area contributed by atoms with E-state index in [2.05, 4.69) is 47.8 Å². The molecule has 0 aliphatic carbocycles. The summed E-state index contributed by atoms with van der Waals surface area (Å²) in [5.41, 5.74) is 2.51. The molecule has 1 atom stereocenters. The van der Waals surface area contributed by atoms with Crippen LogP contribution in [0.3, 0.4) is 0 Å². The van der Waals surface area contributed by atoms with Crippen molar-refractivity contribution in [3.63, 3.8) is 0 Å². The van der Waals surface area contributed by atoms with Gasteiger partial charge in [0.25, 0.3) is 0 Å². The predicted octanol–water partition coefficient (Wildman–Crippen LogP) is 0.264. The van der Waals surface area contributed by atoms with E-state index < -0.39 is 0 Å². The van der Waals surface area contributed by atoms with Crippen LogP contribution in [0.2, 0.25) is 0 Å². The van der Waals surface area contributed by atoms with Crippen LogP contribution >= 0.6 is 0 Å². The fraction of sp³-hybridized carbons (Fsp3) is 0.400. The van der Waals surface area contributed by atoms with Crippen molar-refractivity contribution in [1.82, 2.24) is 0 Å². The topological polar surface area (TPSA) is 48.7 Å². The number of nitrogens with two attached hydrogens (primary N) is 1. The third kappa shape index (κ3) is 3.72. The van der Waals surface area contributed by atoms with Crippen LogP contribution in [-0.2, 0) is 0 Å². The molecule has 0 saturated carbocycles. The zero-order chi connectivity index (χ0) is 17.6. The second-order valence-corrected chi connectivity index (χ2v) is 6.33. The smallest absolute Gasteiger partial charge is 0.203 e. The molecule has 0 unspecified atom stereocenters. The van der Waals surface area contributed by atoms with Crippen molar-refractivity contribution in [1.29, 1.82) is 0 Å². The third-order valence-corrected chi connectivity index (χ3v) is 4.90. The first-order chi connectivity index (χ1) is 12.3. The second kappa shape index (κ2) is 8.23. The second-order valence-electron chi connectivity index (χ2n) is 6.33. The van der Waals surface area contributed by atoms with Gasteiger partial charge >= 0.3 is 0 Å². The number of hydrogen-bond donors (Lipinski definition) is 2. The average molecular weight is 344 g/mol. The summed E-state index contributed by atoms with van der Waals surface area (Å²) in [4.78, 5) is 1.57. The van der Waals surface area contributed by atoms with E-state index in [1.54, 1.807) is 26.2 Å². The minimum Gasteiger partial charge on any atom is -0.493 e. The van der Waals surface area contributed by atoms with E-state index >= 15 is 0 Å². The lowest BCUT2D eigenvalue weighted by atomic mass is 9.95. The summed E-state index contributed by atoms with van der Waals surface area (Å²) in [6.45, 7) is 4.58. The lowest BCUT2D eigenvalue weighted by molar-refractivity contribution is -0.967. The van der Waals surface area contributed by atoms with Gasteiger partial charge in [-0.3, -0.25) is 0 Å². The van der Waals surface area contributed by atoms with Gasteiger partial charge < -0.3 is 24.4 Å². The number of benzene rings is 2. The number of nitrogens with one attached hydrogen (secondary N) is 1. The first-order valence-electron chi connectivity index (χ1n) is 8.79. The standard InChI is InChI=1S/C20H26N2O3/c1-23-17-13-16(14-18(24-2)20(17)25-3)19(15-7-5-4-6-8-15)22-11-9-21-10-12-22/h4-8,13-14,19,21H,9-12H2,1-3H3/p+2/t19-/m0/s1. The quantitative estimate of drug-likeness (QED) is 0.791. The summed E-state index contributed by atoms with van der Waals surface area (Å²) in [7, 11) is 4.98. The Labute approximate surface area is 149 Å². The monoisotopic (exact) mass is 344 g/mol. The van der Waals surface area contributed by atoms with Crippen molar-refractivity contribution in [2.75, 3.05) is 47.5 Å². The molecule has 0 aromatic heterocycles. The van der Waals surface area contributed by atoms with E-state index in [1.807, 2.05) is 0 Å². The highest BCUT2D eigenvalue weighted by molar-refractivity contribution is 5.55. The van der Waals surface area contributed by atoms with Crippen molar-refractivity contribution in [2.24, 2.45) is 0 Å². The van der Waals surface area contributed by atoms with Crippen LogP contribution in [0, 0.1) is 0 Å². The van der Waals surface area contributed by atoms with E-state index in [4.69, 9.17) is 14.2 Å². The maximum absolute atomic E-state index is 5.57. The van der Waals surface area contributed by atoms with Gasteiger partial charge in [-0.15, -0.1) is 0 Å². The molecule has 2 aromatic carbocycles. The van der Waals surface area contributed by atoms with Crippen LogP contribution in [0.4, 0.5) is 0 Å². The third-order valence-electron chi connectivity index (χ3n) is 4.90. The van der Waals surface area contributed by atoms with Crippen LogP contribution in [0.15, 0.2) is 42.5 Å². The minimum absolute atomic E-state index is 0.253. The number of quaternary nitrogens is 2. The number of hydrogen-bond acceptors (Lipinski definition) is 3. The molecule has 5 heteroatoms. The predicted molar refractivity (Wildman–Crippen MR) is 96.7 cm³/mol. The van der Waals surface area contributed by atoms with Crippen LogP contribution in [0.1, 0.15) is 17.2 Å². The van der Waals surface area contributed by atoms with Crippen LogP contribution in [0.5, 0.6) is 17.2 Å². The number of ether oxygens (including phenoxy) is 3. The largest absolute Gasteiger partial charge is 0.493 e. The number of piperazine rings is 1. The SMILES string of the molecule is COc1cc([C@H](c2ccccc2)[NH+]2CC[NH2+]CC2)cc(OC)c1OC. The molecule has 1 heterocycles. The maximum Gasteiger partial charge on any atom is 0.203 e. The highest BCUT2D eigenvalue weighted by Gasteiger charge is 2.30. The summed E-state index contributed by atoms with van der Waals surface area (Å²) in [5.74, 6) is 2.06. The van der Waals surface area contributed by atoms with Gasteiger partial charge in [-0.05, 0) is 12.1 Å². The molecule has 1 saturated heterocycles. The van der Waals surface area contributed by atoms with Crippen molar-refractivity contribution < 1.29 is 24.4 Å². The Morgan fingerprint density at radius 2 is 1.44 bits per heavy atom. The van der Waals surface area contributed by atoms with Gasteiger partial charge in [0.05, 0.1) is 21.3 Å². The van der Waals surface area contributed by atoms with Gasteiger partial charge in [-0.2, -0.15) is 0 Å². The van der Waals surface area contributed by atoms with E-state index in [1.165, 1.54) is 11.1 Å². The van der Waals surface area contributed by atoms with E-state index in [0.29, 0.717) is 17.2 Å². The maximum atomic E-state index is 5.57. The highest BCUT2D eigenvalue weighted by atomic mass is 16.5.